The van der Waals surface area contributed by atoms with Crippen LogP contribution in [0.15, 0.2) is 16.5 Å². The molecular weight excluding hydrogens is 228 g/mol. The average Bonchev–Trinajstić information content (AvgIpc) is 2.77. The smallest absolute Gasteiger partial charge is 0.122 e. The lowest BCUT2D eigenvalue weighted by atomic mass is 10.1. The average molecular weight is 252 g/mol. The van der Waals surface area contributed by atoms with E-state index in [9.17, 15) is 0 Å². The summed E-state index contributed by atoms with van der Waals surface area (Å²) in [6.07, 6.45) is 1.33. The van der Waals surface area contributed by atoms with Crippen LogP contribution in [-0.4, -0.2) is 36.7 Å². The van der Waals surface area contributed by atoms with Crippen LogP contribution in [0.2, 0.25) is 0 Å². The Morgan fingerprint density at radius 3 is 2.83 bits per heavy atom. The second kappa shape index (κ2) is 5.87. The van der Waals surface area contributed by atoms with Gasteiger partial charge in [-0.15, -0.1) is 0 Å². The van der Waals surface area contributed by atoms with Crippen molar-refractivity contribution in [3.8, 4) is 0 Å². The Morgan fingerprint density at radius 2 is 2.28 bits per heavy atom. The molecule has 3 atom stereocenters. The van der Waals surface area contributed by atoms with Gasteiger partial charge in [0.15, 0.2) is 0 Å². The molecule has 2 heterocycles. The molecule has 1 aliphatic heterocycles. The number of nitrogens with zero attached hydrogens (tertiary/aromatic N) is 1. The van der Waals surface area contributed by atoms with Gasteiger partial charge in [-0.1, -0.05) is 6.92 Å². The van der Waals surface area contributed by atoms with E-state index in [2.05, 4.69) is 18.7 Å². The predicted octanol–water partition coefficient (Wildman–Crippen LogP) is 2.09. The number of morpholine rings is 1. The van der Waals surface area contributed by atoms with Crippen molar-refractivity contribution in [2.24, 2.45) is 5.73 Å². The zero-order chi connectivity index (χ0) is 13.1. The molecule has 1 aliphatic rings. The third-order valence-electron chi connectivity index (χ3n) is 3.69. The van der Waals surface area contributed by atoms with E-state index in [0.717, 1.165) is 31.1 Å². The molecule has 1 aromatic heterocycles. The van der Waals surface area contributed by atoms with Crippen LogP contribution >= 0.6 is 0 Å². The third kappa shape index (κ3) is 2.76. The van der Waals surface area contributed by atoms with Crippen LogP contribution in [0.25, 0.3) is 0 Å². The molecule has 1 saturated heterocycles. The van der Waals surface area contributed by atoms with Crippen molar-refractivity contribution >= 4 is 0 Å². The minimum atomic E-state index is 0.162. The number of nitrogens with two attached hydrogens (primary N) is 1. The van der Waals surface area contributed by atoms with Gasteiger partial charge in [-0.25, -0.2) is 0 Å². The maximum absolute atomic E-state index is 5.96. The molecular formula is C14H24N2O2. The summed E-state index contributed by atoms with van der Waals surface area (Å²) in [7, 11) is 0. The summed E-state index contributed by atoms with van der Waals surface area (Å²) in [6, 6.07) is 4.64. The van der Waals surface area contributed by atoms with Crippen molar-refractivity contribution < 1.29 is 9.15 Å². The number of hydrogen-bond acceptors (Lipinski definition) is 4. The van der Waals surface area contributed by atoms with Crippen molar-refractivity contribution in [2.45, 2.75) is 45.4 Å². The maximum atomic E-state index is 5.96. The van der Waals surface area contributed by atoms with Crippen LogP contribution in [0.3, 0.4) is 0 Å². The van der Waals surface area contributed by atoms with Gasteiger partial charge in [0, 0.05) is 19.1 Å². The van der Waals surface area contributed by atoms with Gasteiger partial charge in [0.1, 0.15) is 11.5 Å². The van der Waals surface area contributed by atoms with Gasteiger partial charge in [0.25, 0.3) is 0 Å². The first-order chi connectivity index (χ1) is 8.65. The Kier molecular flexibility index (Phi) is 4.43. The summed E-state index contributed by atoms with van der Waals surface area (Å²) in [5.74, 6) is 1.92. The Balaban J connectivity index is 2.19. The predicted molar refractivity (Wildman–Crippen MR) is 71.4 cm³/mol. The molecule has 0 bridgehead atoms. The van der Waals surface area contributed by atoms with Gasteiger partial charge in [-0.05, 0) is 32.4 Å². The summed E-state index contributed by atoms with van der Waals surface area (Å²) in [6.45, 7) is 8.55. The van der Waals surface area contributed by atoms with Crippen molar-refractivity contribution in [1.82, 2.24) is 4.90 Å². The molecule has 0 radical (unpaired) electrons. The topological polar surface area (TPSA) is 51.6 Å². The standard InChI is InChI=1S/C14H24N2O2/c1-4-12-9-17-11(3)8-16(12)13(7-15)14-6-5-10(2)18-14/h5-6,11-13H,4,7-9,15H2,1-3H3. The Labute approximate surface area is 109 Å². The van der Waals surface area contributed by atoms with Crippen molar-refractivity contribution in [3.05, 3.63) is 23.7 Å². The second-order valence-corrected chi connectivity index (χ2v) is 5.10. The molecule has 1 aromatic rings. The summed E-state index contributed by atoms with van der Waals surface area (Å²) in [4.78, 5) is 2.44. The summed E-state index contributed by atoms with van der Waals surface area (Å²) in [5, 5.41) is 0. The van der Waals surface area contributed by atoms with E-state index in [1.165, 1.54) is 0 Å². The van der Waals surface area contributed by atoms with Crippen LogP contribution in [0, 0.1) is 6.92 Å². The van der Waals surface area contributed by atoms with Crippen LogP contribution in [0.1, 0.15) is 37.8 Å². The van der Waals surface area contributed by atoms with Gasteiger partial charge in [0.2, 0.25) is 0 Å². The number of ether oxygens (including phenoxy) is 1. The first-order valence-electron chi connectivity index (χ1n) is 6.79. The fourth-order valence-electron chi connectivity index (χ4n) is 2.65. The molecule has 2 N–H and O–H groups in total. The van der Waals surface area contributed by atoms with E-state index in [4.69, 9.17) is 14.9 Å². The van der Waals surface area contributed by atoms with E-state index >= 15 is 0 Å². The monoisotopic (exact) mass is 252 g/mol. The van der Waals surface area contributed by atoms with Gasteiger partial charge >= 0.3 is 0 Å². The SMILES string of the molecule is CCC1COC(C)CN1C(CN)c1ccc(C)o1. The molecule has 1 fully saturated rings. The van der Waals surface area contributed by atoms with Gasteiger partial charge in [0.05, 0.1) is 18.8 Å². The van der Waals surface area contributed by atoms with Gasteiger partial charge in [-0.3, -0.25) is 4.90 Å². The molecule has 2 rings (SSSR count). The Hall–Kier alpha value is -0.840. The van der Waals surface area contributed by atoms with Crippen LogP contribution in [-0.2, 0) is 4.74 Å². The van der Waals surface area contributed by atoms with E-state index in [-0.39, 0.29) is 12.1 Å². The third-order valence-corrected chi connectivity index (χ3v) is 3.69. The number of rotatable bonds is 4. The lowest BCUT2D eigenvalue weighted by Gasteiger charge is -2.42. The van der Waals surface area contributed by atoms with Crippen LogP contribution < -0.4 is 5.73 Å². The molecule has 0 aromatic carbocycles. The minimum Gasteiger partial charge on any atom is -0.465 e. The largest absolute Gasteiger partial charge is 0.465 e. The zero-order valence-electron chi connectivity index (χ0n) is 11.6. The summed E-state index contributed by atoms with van der Waals surface area (Å²) in [5.41, 5.74) is 5.96. The first kappa shape index (κ1) is 13.6. The highest BCUT2D eigenvalue weighted by Gasteiger charge is 2.32. The fourth-order valence-corrected chi connectivity index (χ4v) is 2.65. The maximum Gasteiger partial charge on any atom is 0.122 e. The molecule has 0 aliphatic carbocycles. The molecule has 102 valence electrons. The van der Waals surface area contributed by atoms with Crippen LogP contribution in [0.4, 0.5) is 0 Å². The lowest BCUT2D eigenvalue weighted by molar-refractivity contribution is -0.0747. The highest BCUT2D eigenvalue weighted by atomic mass is 16.5. The highest BCUT2D eigenvalue weighted by Crippen LogP contribution is 2.28. The van der Waals surface area contributed by atoms with Crippen LogP contribution in [0.5, 0.6) is 0 Å². The molecule has 0 saturated carbocycles. The van der Waals surface area contributed by atoms with Crippen molar-refractivity contribution in [1.29, 1.82) is 0 Å². The van der Waals surface area contributed by atoms with Crippen molar-refractivity contribution in [3.63, 3.8) is 0 Å². The first-order valence-corrected chi connectivity index (χ1v) is 6.79. The number of aryl methyl sites for hydroxylation is 1. The van der Waals surface area contributed by atoms with Crippen molar-refractivity contribution in [2.75, 3.05) is 19.7 Å². The van der Waals surface area contributed by atoms with E-state index in [1.54, 1.807) is 0 Å². The number of hydrogen-bond donors (Lipinski definition) is 1. The summed E-state index contributed by atoms with van der Waals surface area (Å²) >= 11 is 0. The minimum absolute atomic E-state index is 0.162. The van der Waals surface area contributed by atoms with E-state index in [1.807, 2.05) is 19.1 Å². The Bertz CT molecular complexity index is 378. The highest BCUT2D eigenvalue weighted by molar-refractivity contribution is 5.11. The molecule has 18 heavy (non-hydrogen) atoms. The molecule has 0 amide bonds. The van der Waals surface area contributed by atoms with E-state index < -0.39 is 0 Å². The molecule has 4 nitrogen and oxygen atoms in total. The fraction of sp³-hybridized carbons (Fsp3) is 0.714. The second-order valence-electron chi connectivity index (χ2n) is 5.10. The lowest BCUT2D eigenvalue weighted by Crippen LogP contribution is -2.51. The normalized spacial score (nSPS) is 27.3. The Morgan fingerprint density at radius 1 is 1.50 bits per heavy atom. The van der Waals surface area contributed by atoms with E-state index in [0.29, 0.717) is 12.6 Å². The molecule has 0 spiro atoms. The molecule has 3 unspecified atom stereocenters. The van der Waals surface area contributed by atoms with Gasteiger partial charge in [-0.2, -0.15) is 0 Å². The quantitative estimate of drug-likeness (QED) is 0.891. The summed E-state index contributed by atoms with van der Waals surface area (Å²) < 4.78 is 11.5. The molecule has 4 heteroatoms. The van der Waals surface area contributed by atoms with Gasteiger partial charge < -0.3 is 14.9 Å². The number of furan rings is 1. The zero-order valence-corrected chi connectivity index (χ0v) is 11.6.